The van der Waals surface area contributed by atoms with Crippen molar-refractivity contribution >= 4 is 17.5 Å². The molecule has 110 valence electrons. The van der Waals surface area contributed by atoms with Crippen molar-refractivity contribution in [2.75, 3.05) is 27.2 Å². The fourth-order valence-electron chi connectivity index (χ4n) is 2.92. The Morgan fingerprint density at radius 3 is 2.50 bits per heavy atom. The number of nitrogens with zero attached hydrogens (tertiary/aromatic N) is 2. The minimum absolute atomic E-state index is 0.0321. The van der Waals surface area contributed by atoms with Crippen LogP contribution in [0.25, 0.3) is 0 Å². The van der Waals surface area contributed by atoms with Crippen LogP contribution in [-0.4, -0.2) is 48.9 Å². The average molecular weight is 295 g/mol. The summed E-state index contributed by atoms with van der Waals surface area (Å²) < 4.78 is 0. The molecule has 2 rings (SSSR count). The van der Waals surface area contributed by atoms with Crippen molar-refractivity contribution in [3.05, 3.63) is 34.9 Å². The van der Waals surface area contributed by atoms with Gasteiger partial charge in [0.05, 0.1) is 6.04 Å². The number of benzene rings is 1. The zero-order chi connectivity index (χ0) is 14.9. The van der Waals surface area contributed by atoms with Crippen LogP contribution in [-0.2, 0) is 4.79 Å². The fourth-order valence-corrected chi connectivity index (χ4v) is 3.12. The van der Waals surface area contributed by atoms with Crippen LogP contribution in [0.15, 0.2) is 24.3 Å². The van der Waals surface area contributed by atoms with Crippen LogP contribution in [0, 0.1) is 5.92 Å². The quantitative estimate of drug-likeness (QED) is 0.852. The third kappa shape index (κ3) is 3.15. The number of rotatable bonds is 4. The van der Waals surface area contributed by atoms with Gasteiger partial charge in [0, 0.05) is 24.0 Å². The Balaban J connectivity index is 1.97. The minimum atomic E-state index is -0.0321. The first-order valence-corrected chi connectivity index (χ1v) is 7.48. The first-order valence-electron chi connectivity index (χ1n) is 7.11. The summed E-state index contributed by atoms with van der Waals surface area (Å²) in [6.07, 6.45) is 0. The highest BCUT2D eigenvalue weighted by Gasteiger charge is 2.37. The van der Waals surface area contributed by atoms with E-state index in [1.165, 1.54) is 5.56 Å². The number of carbonyl (C=O) groups is 1. The summed E-state index contributed by atoms with van der Waals surface area (Å²) in [5, 5.41) is 0.764. The lowest BCUT2D eigenvalue weighted by molar-refractivity contribution is -0.142. The van der Waals surface area contributed by atoms with Crippen LogP contribution >= 0.6 is 11.6 Å². The van der Waals surface area contributed by atoms with Gasteiger partial charge >= 0.3 is 0 Å². The summed E-state index contributed by atoms with van der Waals surface area (Å²) in [6.45, 7) is 5.79. The van der Waals surface area contributed by atoms with Crippen LogP contribution in [0.1, 0.15) is 25.3 Å². The molecule has 1 fully saturated rings. The number of hydrogen-bond donors (Lipinski definition) is 0. The average Bonchev–Trinajstić information content (AvgIpc) is 2.25. The molecule has 1 aromatic carbocycles. The normalized spacial score (nSPS) is 17.4. The molecule has 20 heavy (non-hydrogen) atoms. The SMILES string of the molecule is CC(C)[C@@H](C(=O)N1CC(c2cccc(Cl)c2)C1)N(C)C. The van der Waals surface area contributed by atoms with Crippen molar-refractivity contribution in [3.8, 4) is 0 Å². The molecule has 1 aliphatic heterocycles. The summed E-state index contributed by atoms with van der Waals surface area (Å²) in [5.74, 6) is 0.985. The molecule has 0 aliphatic carbocycles. The van der Waals surface area contributed by atoms with Crippen LogP contribution < -0.4 is 0 Å². The predicted octanol–water partition coefficient (Wildman–Crippen LogP) is 2.85. The smallest absolute Gasteiger partial charge is 0.240 e. The second-order valence-electron chi connectivity index (χ2n) is 6.15. The van der Waals surface area contributed by atoms with Crippen LogP contribution in [0.5, 0.6) is 0 Å². The Bertz CT molecular complexity index is 473. The maximum atomic E-state index is 12.5. The van der Waals surface area contributed by atoms with E-state index in [0.717, 1.165) is 18.1 Å². The maximum absolute atomic E-state index is 12.5. The van der Waals surface area contributed by atoms with E-state index in [0.29, 0.717) is 11.8 Å². The van der Waals surface area contributed by atoms with Gasteiger partial charge in [-0.15, -0.1) is 0 Å². The molecular weight excluding hydrogens is 272 g/mol. The first-order chi connectivity index (χ1) is 9.40. The number of carbonyl (C=O) groups excluding carboxylic acids is 1. The minimum Gasteiger partial charge on any atom is -0.340 e. The van der Waals surface area contributed by atoms with E-state index in [-0.39, 0.29) is 11.9 Å². The molecule has 0 aromatic heterocycles. The van der Waals surface area contributed by atoms with Gasteiger partial charge in [-0.05, 0) is 37.7 Å². The molecule has 1 saturated heterocycles. The van der Waals surface area contributed by atoms with E-state index >= 15 is 0 Å². The zero-order valence-electron chi connectivity index (χ0n) is 12.6. The first kappa shape index (κ1) is 15.3. The Hall–Kier alpha value is -1.06. The van der Waals surface area contributed by atoms with Gasteiger partial charge in [-0.1, -0.05) is 37.6 Å². The fraction of sp³-hybridized carbons (Fsp3) is 0.562. The number of halogens is 1. The van der Waals surface area contributed by atoms with E-state index in [4.69, 9.17) is 11.6 Å². The van der Waals surface area contributed by atoms with E-state index < -0.39 is 0 Å². The highest BCUT2D eigenvalue weighted by molar-refractivity contribution is 6.30. The second-order valence-corrected chi connectivity index (χ2v) is 6.58. The van der Waals surface area contributed by atoms with Gasteiger partial charge in [0.1, 0.15) is 0 Å². The molecule has 0 bridgehead atoms. The molecule has 0 N–H and O–H groups in total. The van der Waals surface area contributed by atoms with Gasteiger partial charge < -0.3 is 4.90 Å². The standard InChI is InChI=1S/C16H23ClN2O/c1-11(2)15(18(3)4)16(20)19-9-13(10-19)12-6-5-7-14(17)8-12/h5-8,11,13,15H,9-10H2,1-4H3/t15-/m0/s1. The van der Waals surface area contributed by atoms with Gasteiger partial charge in [0.25, 0.3) is 0 Å². The van der Waals surface area contributed by atoms with Crippen molar-refractivity contribution in [1.29, 1.82) is 0 Å². The van der Waals surface area contributed by atoms with Crippen molar-refractivity contribution in [3.63, 3.8) is 0 Å². The van der Waals surface area contributed by atoms with E-state index in [1.807, 2.05) is 42.1 Å². The van der Waals surface area contributed by atoms with Crippen molar-refractivity contribution < 1.29 is 4.79 Å². The molecule has 1 atom stereocenters. The molecule has 0 radical (unpaired) electrons. The number of amides is 1. The van der Waals surface area contributed by atoms with Crippen molar-refractivity contribution in [1.82, 2.24) is 9.80 Å². The van der Waals surface area contributed by atoms with Gasteiger partial charge in [-0.25, -0.2) is 0 Å². The summed E-state index contributed by atoms with van der Waals surface area (Å²) in [6, 6.07) is 7.91. The van der Waals surface area contributed by atoms with Crippen LogP contribution in [0.3, 0.4) is 0 Å². The maximum Gasteiger partial charge on any atom is 0.240 e. The number of likely N-dealkylation sites (tertiary alicyclic amines) is 1. The monoisotopic (exact) mass is 294 g/mol. The van der Waals surface area contributed by atoms with E-state index in [1.54, 1.807) is 0 Å². The van der Waals surface area contributed by atoms with Crippen LogP contribution in [0.4, 0.5) is 0 Å². The molecule has 1 heterocycles. The third-order valence-corrected chi connectivity index (χ3v) is 4.19. The number of hydrogen-bond acceptors (Lipinski definition) is 2. The summed E-state index contributed by atoms with van der Waals surface area (Å²) >= 11 is 6.02. The Labute approximate surface area is 126 Å². The lowest BCUT2D eigenvalue weighted by atomic mass is 9.89. The molecule has 0 saturated carbocycles. The topological polar surface area (TPSA) is 23.6 Å². The second kappa shape index (κ2) is 6.15. The largest absolute Gasteiger partial charge is 0.340 e. The predicted molar refractivity (Wildman–Crippen MR) is 83.1 cm³/mol. The summed E-state index contributed by atoms with van der Waals surface area (Å²) in [5.41, 5.74) is 1.23. The highest BCUT2D eigenvalue weighted by Crippen LogP contribution is 2.30. The molecule has 0 unspecified atom stereocenters. The molecule has 0 spiro atoms. The molecule has 1 aliphatic rings. The Kier molecular flexibility index (Phi) is 4.71. The Morgan fingerprint density at radius 2 is 2.00 bits per heavy atom. The lowest BCUT2D eigenvalue weighted by Gasteiger charge is -2.43. The third-order valence-electron chi connectivity index (χ3n) is 3.95. The van der Waals surface area contributed by atoms with E-state index in [9.17, 15) is 4.79 Å². The van der Waals surface area contributed by atoms with Crippen molar-refractivity contribution in [2.24, 2.45) is 5.92 Å². The van der Waals surface area contributed by atoms with Crippen LogP contribution in [0.2, 0.25) is 5.02 Å². The summed E-state index contributed by atoms with van der Waals surface area (Å²) in [7, 11) is 3.94. The molecular formula is C16H23ClN2O. The molecule has 3 nitrogen and oxygen atoms in total. The van der Waals surface area contributed by atoms with Crippen molar-refractivity contribution in [2.45, 2.75) is 25.8 Å². The number of likely N-dealkylation sites (N-methyl/N-ethyl adjacent to an activating group) is 1. The molecule has 1 aromatic rings. The lowest BCUT2D eigenvalue weighted by Crippen LogP contribution is -2.56. The van der Waals surface area contributed by atoms with Gasteiger partial charge in [0.15, 0.2) is 0 Å². The highest BCUT2D eigenvalue weighted by atomic mass is 35.5. The van der Waals surface area contributed by atoms with Gasteiger partial charge in [0.2, 0.25) is 5.91 Å². The summed E-state index contributed by atoms with van der Waals surface area (Å²) in [4.78, 5) is 16.5. The zero-order valence-corrected chi connectivity index (χ0v) is 13.4. The van der Waals surface area contributed by atoms with Gasteiger partial charge in [-0.3, -0.25) is 9.69 Å². The molecule has 1 amide bonds. The molecule has 4 heteroatoms. The Morgan fingerprint density at radius 1 is 1.35 bits per heavy atom. The van der Waals surface area contributed by atoms with Gasteiger partial charge in [-0.2, -0.15) is 0 Å². The van der Waals surface area contributed by atoms with E-state index in [2.05, 4.69) is 19.9 Å².